The Balaban J connectivity index is 1.93. The van der Waals surface area contributed by atoms with Crippen molar-refractivity contribution in [3.8, 4) is 5.75 Å². The van der Waals surface area contributed by atoms with Crippen molar-refractivity contribution in [1.29, 1.82) is 0 Å². The highest BCUT2D eigenvalue weighted by atomic mass is 35.5. The lowest BCUT2D eigenvalue weighted by Gasteiger charge is -2.25. The lowest BCUT2D eigenvalue weighted by Crippen LogP contribution is -2.42. The molecule has 0 aliphatic heterocycles. The van der Waals surface area contributed by atoms with E-state index in [0.29, 0.717) is 16.5 Å². The predicted molar refractivity (Wildman–Crippen MR) is 132 cm³/mol. The van der Waals surface area contributed by atoms with Crippen LogP contribution in [-0.4, -0.2) is 49.4 Å². The minimum absolute atomic E-state index is 0.000732. The normalized spacial score (nSPS) is 10.7. The molecule has 2 aromatic carbocycles. The van der Waals surface area contributed by atoms with Gasteiger partial charge in [0.05, 0.1) is 32.5 Å². The van der Waals surface area contributed by atoms with Gasteiger partial charge in [-0.05, 0) is 23.8 Å². The molecule has 0 unspecified atom stereocenters. The number of anilines is 3. The topological polar surface area (TPSA) is 132 Å². The van der Waals surface area contributed by atoms with Gasteiger partial charge >= 0.3 is 5.69 Å². The fourth-order valence-corrected chi connectivity index (χ4v) is 3.59. The number of aromatic amines is 1. The second-order valence-electron chi connectivity index (χ2n) is 7.37. The number of methoxy groups -OCH3 is 2. The van der Waals surface area contributed by atoms with Crippen molar-refractivity contribution >= 4 is 34.7 Å². The molecular weight excluding hydrogens is 462 g/mol. The van der Waals surface area contributed by atoms with Crippen LogP contribution in [0, 0.1) is 0 Å². The molecule has 1 amide bonds. The van der Waals surface area contributed by atoms with E-state index in [1.807, 2.05) is 30.3 Å². The number of amides is 1. The Labute approximate surface area is 200 Å². The Morgan fingerprint density at radius 3 is 2.59 bits per heavy atom. The number of rotatable bonds is 10. The molecule has 0 spiro atoms. The minimum atomic E-state index is -0.698. The van der Waals surface area contributed by atoms with Crippen molar-refractivity contribution in [2.75, 3.05) is 49.9 Å². The predicted octanol–water partition coefficient (Wildman–Crippen LogP) is 1.92. The second-order valence-corrected chi connectivity index (χ2v) is 7.81. The largest absolute Gasteiger partial charge is 0.495 e. The average Bonchev–Trinajstić information content (AvgIpc) is 2.80. The van der Waals surface area contributed by atoms with Crippen LogP contribution in [0.4, 0.5) is 17.2 Å². The number of nitrogens with two attached hydrogens (primary N) is 1. The van der Waals surface area contributed by atoms with Crippen LogP contribution < -0.4 is 31.9 Å². The van der Waals surface area contributed by atoms with Crippen LogP contribution in [0.5, 0.6) is 5.75 Å². The molecule has 0 aliphatic carbocycles. The number of hydrogen-bond donors (Lipinski definition) is 3. The summed E-state index contributed by atoms with van der Waals surface area (Å²) in [5.41, 5.74) is 6.15. The number of benzene rings is 2. The van der Waals surface area contributed by atoms with Gasteiger partial charge in [0.25, 0.3) is 5.56 Å². The molecule has 3 rings (SSSR count). The van der Waals surface area contributed by atoms with E-state index >= 15 is 0 Å². The van der Waals surface area contributed by atoms with E-state index in [1.165, 1.54) is 23.7 Å². The quantitative estimate of drug-likeness (QED) is 0.398. The first-order valence-electron chi connectivity index (χ1n) is 10.4. The van der Waals surface area contributed by atoms with Crippen molar-refractivity contribution in [3.63, 3.8) is 0 Å². The highest BCUT2D eigenvalue weighted by molar-refractivity contribution is 6.31. The molecule has 3 aromatic rings. The van der Waals surface area contributed by atoms with Crippen LogP contribution in [0.2, 0.25) is 5.02 Å². The maximum Gasteiger partial charge on any atom is 0.330 e. The third kappa shape index (κ3) is 5.97. The first kappa shape index (κ1) is 24.9. The Morgan fingerprint density at radius 2 is 1.91 bits per heavy atom. The summed E-state index contributed by atoms with van der Waals surface area (Å²) in [6.45, 7) is 0.299. The summed E-state index contributed by atoms with van der Waals surface area (Å²) in [4.78, 5) is 41.9. The van der Waals surface area contributed by atoms with Crippen LogP contribution in [0.25, 0.3) is 0 Å². The monoisotopic (exact) mass is 487 g/mol. The van der Waals surface area contributed by atoms with E-state index in [4.69, 9.17) is 26.8 Å². The first-order valence-corrected chi connectivity index (χ1v) is 10.8. The molecule has 0 saturated heterocycles. The van der Waals surface area contributed by atoms with Crippen molar-refractivity contribution in [3.05, 3.63) is 80.0 Å². The zero-order valence-corrected chi connectivity index (χ0v) is 19.6. The summed E-state index contributed by atoms with van der Waals surface area (Å²) < 4.78 is 11.7. The molecule has 0 radical (unpaired) electrons. The van der Waals surface area contributed by atoms with E-state index in [9.17, 15) is 14.4 Å². The van der Waals surface area contributed by atoms with Crippen molar-refractivity contribution in [2.45, 2.75) is 6.54 Å². The van der Waals surface area contributed by atoms with Crippen LogP contribution in [-0.2, 0) is 16.1 Å². The van der Waals surface area contributed by atoms with Crippen molar-refractivity contribution < 1.29 is 14.3 Å². The molecule has 10 nitrogen and oxygen atoms in total. The number of aromatic nitrogens is 2. The number of carbonyl (C=O) groups excluding carboxylic acids is 1. The van der Waals surface area contributed by atoms with Crippen LogP contribution in [0.3, 0.4) is 0 Å². The smallest absolute Gasteiger partial charge is 0.330 e. The van der Waals surface area contributed by atoms with Gasteiger partial charge in [0, 0.05) is 18.7 Å². The van der Waals surface area contributed by atoms with E-state index in [-0.39, 0.29) is 37.7 Å². The molecule has 1 heterocycles. The van der Waals surface area contributed by atoms with Gasteiger partial charge in [0.2, 0.25) is 5.91 Å². The molecule has 180 valence electrons. The van der Waals surface area contributed by atoms with E-state index in [2.05, 4.69) is 10.3 Å². The number of nitrogens with one attached hydrogen (secondary N) is 2. The Kier molecular flexibility index (Phi) is 8.34. The number of hydrogen-bond acceptors (Lipinski definition) is 7. The second kappa shape index (κ2) is 11.4. The van der Waals surface area contributed by atoms with Gasteiger partial charge in [-0.15, -0.1) is 0 Å². The number of nitrogen functional groups attached to an aromatic ring is 1. The highest BCUT2D eigenvalue weighted by Gasteiger charge is 2.22. The fourth-order valence-electron chi connectivity index (χ4n) is 3.42. The standard InChI is InChI=1S/C23H26ClN5O5/c1-33-11-10-28(14-19(30)26-17-12-16(24)8-9-18(17)34-2)20-21(25)29(23(32)27-22(20)31)13-15-6-4-3-5-7-15/h3-9,12H,10-11,13-14,25H2,1-2H3,(H,26,30)(H,27,31,32). The summed E-state index contributed by atoms with van der Waals surface area (Å²) in [5.74, 6) is -0.0758. The van der Waals surface area contributed by atoms with Gasteiger partial charge in [-0.25, -0.2) is 4.79 Å². The minimum Gasteiger partial charge on any atom is -0.495 e. The van der Waals surface area contributed by atoms with E-state index in [1.54, 1.807) is 18.2 Å². The van der Waals surface area contributed by atoms with Gasteiger partial charge in [-0.3, -0.25) is 19.1 Å². The fraction of sp³-hybridized carbons (Fsp3) is 0.261. The molecule has 0 saturated carbocycles. The SMILES string of the molecule is COCCN(CC(=O)Nc1cc(Cl)ccc1OC)c1c(N)n(Cc2ccccc2)c(=O)[nH]c1=O. The molecule has 1 aromatic heterocycles. The molecule has 4 N–H and O–H groups in total. The van der Waals surface area contributed by atoms with Crippen molar-refractivity contribution in [2.24, 2.45) is 0 Å². The summed E-state index contributed by atoms with van der Waals surface area (Å²) in [6.07, 6.45) is 0. The summed E-state index contributed by atoms with van der Waals surface area (Å²) in [5, 5.41) is 3.15. The summed E-state index contributed by atoms with van der Waals surface area (Å²) >= 11 is 6.04. The van der Waals surface area contributed by atoms with E-state index < -0.39 is 17.2 Å². The molecule has 0 bridgehead atoms. The number of ether oxygens (including phenoxy) is 2. The summed E-state index contributed by atoms with van der Waals surface area (Å²) in [7, 11) is 2.97. The molecule has 0 atom stereocenters. The Hall–Kier alpha value is -3.76. The number of carbonyl (C=O) groups is 1. The van der Waals surface area contributed by atoms with Crippen LogP contribution in [0.15, 0.2) is 58.1 Å². The number of halogens is 1. The molecule has 0 fully saturated rings. The maximum atomic E-state index is 12.9. The summed E-state index contributed by atoms with van der Waals surface area (Å²) in [6, 6.07) is 14.0. The Bertz CT molecular complexity index is 1260. The van der Waals surface area contributed by atoms with E-state index in [0.717, 1.165) is 5.56 Å². The molecule has 0 aliphatic rings. The lowest BCUT2D eigenvalue weighted by atomic mass is 10.2. The number of nitrogens with zero attached hydrogens (tertiary/aromatic N) is 2. The zero-order valence-electron chi connectivity index (χ0n) is 18.8. The molecular formula is C23H26ClN5O5. The third-order valence-electron chi connectivity index (χ3n) is 5.05. The van der Waals surface area contributed by atoms with Gasteiger partial charge in [0.15, 0.2) is 0 Å². The van der Waals surface area contributed by atoms with Crippen LogP contribution >= 0.6 is 11.6 Å². The highest BCUT2D eigenvalue weighted by Crippen LogP contribution is 2.27. The third-order valence-corrected chi connectivity index (χ3v) is 5.28. The lowest BCUT2D eigenvalue weighted by molar-refractivity contribution is -0.115. The first-order chi connectivity index (χ1) is 16.3. The average molecular weight is 488 g/mol. The number of H-pyrrole nitrogens is 1. The molecule has 11 heteroatoms. The van der Waals surface area contributed by atoms with Gasteiger partial charge in [-0.1, -0.05) is 41.9 Å². The van der Waals surface area contributed by atoms with Gasteiger partial charge in [0.1, 0.15) is 17.3 Å². The van der Waals surface area contributed by atoms with Gasteiger partial charge in [-0.2, -0.15) is 0 Å². The van der Waals surface area contributed by atoms with Crippen LogP contribution in [0.1, 0.15) is 5.56 Å². The van der Waals surface area contributed by atoms with Crippen molar-refractivity contribution in [1.82, 2.24) is 9.55 Å². The Morgan fingerprint density at radius 1 is 1.18 bits per heavy atom. The maximum absolute atomic E-state index is 12.9. The zero-order chi connectivity index (χ0) is 24.7. The molecule has 34 heavy (non-hydrogen) atoms. The van der Waals surface area contributed by atoms with Gasteiger partial charge < -0.3 is 25.4 Å².